The standard InChI is InChI=1S/C14H16Cl3NOS/c15-10-5-12(17)13(6-11(10)16)18-9-1-3-19-14(7-9)2-4-20-8-14/h5-6,9,18H,1-4,7-8H2. The lowest BCUT2D eigenvalue weighted by Gasteiger charge is -2.38. The van der Waals surface area contributed by atoms with E-state index >= 15 is 0 Å². The third-order valence-electron chi connectivity index (χ3n) is 3.93. The molecule has 0 radical (unpaired) electrons. The van der Waals surface area contributed by atoms with Crippen molar-refractivity contribution < 1.29 is 4.74 Å². The van der Waals surface area contributed by atoms with E-state index in [2.05, 4.69) is 5.32 Å². The number of hydrogen-bond acceptors (Lipinski definition) is 3. The van der Waals surface area contributed by atoms with E-state index in [1.165, 1.54) is 5.75 Å². The van der Waals surface area contributed by atoms with Crippen LogP contribution in [0, 0.1) is 0 Å². The zero-order valence-electron chi connectivity index (χ0n) is 10.9. The largest absolute Gasteiger partial charge is 0.381 e. The molecule has 0 aromatic heterocycles. The van der Waals surface area contributed by atoms with Crippen LogP contribution in [-0.2, 0) is 4.74 Å². The second-order valence-electron chi connectivity index (χ2n) is 5.41. The average molecular weight is 353 g/mol. The van der Waals surface area contributed by atoms with Crippen molar-refractivity contribution in [3.05, 3.63) is 27.2 Å². The van der Waals surface area contributed by atoms with Gasteiger partial charge in [0.2, 0.25) is 0 Å². The molecule has 2 nitrogen and oxygen atoms in total. The Morgan fingerprint density at radius 1 is 1.20 bits per heavy atom. The molecular formula is C14H16Cl3NOS. The van der Waals surface area contributed by atoms with Crippen molar-refractivity contribution in [3.63, 3.8) is 0 Å². The molecule has 110 valence electrons. The molecule has 2 aliphatic heterocycles. The molecule has 1 spiro atoms. The maximum absolute atomic E-state index is 6.23. The molecule has 3 rings (SSSR count). The third kappa shape index (κ3) is 3.17. The van der Waals surface area contributed by atoms with E-state index in [9.17, 15) is 0 Å². The molecule has 0 bridgehead atoms. The monoisotopic (exact) mass is 351 g/mol. The van der Waals surface area contributed by atoms with Crippen LogP contribution in [0.3, 0.4) is 0 Å². The number of thioether (sulfide) groups is 1. The Morgan fingerprint density at radius 3 is 2.75 bits per heavy atom. The van der Waals surface area contributed by atoms with Crippen LogP contribution in [0.2, 0.25) is 15.1 Å². The first kappa shape index (κ1) is 15.1. The van der Waals surface area contributed by atoms with E-state index in [0.717, 1.165) is 37.3 Å². The van der Waals surface area contributed by atoms with E-state index in [0.29, 0.717) is 21.1 Å². The molecule has 2 heterocycles. The molecule has 0 amide bonds. The molecule has 2 fully saturated rings. The highest BCUT2D eigenvalue weighted by Crippen LogP contribution is 2.40. The van der Waals surface area contributed by atoms with Gasteiger partial charge in [0.15, 0.2) is 0 Å². The Balaban J connectivity index is 1.73. The van der Waals surface area contributed by atoms with E-state index in [1.807, 2.05) is 11.8 Å². The van der Waals surface area contributed by atoms with Gasteiger partial charge in [-0.3, -0.25) is 0 Å². The van der Waals surface area contributed by atoms with Crippen molar-refractivity contribution in [1.29, 1.82) is 0 Å². The number of halogens is 3. The van der Waals surface area contributed by atoms with Gasteiger partial charge in [-0.2, -0.15) is 11.8 Å². The summed E-state index contributed by atoms with van der Waals surface area (Å²) in [6.45, 7) is 0.803. The molecule has 6 heteroatoms. The Labute approximate surface area is 138 Å². The first-order valence-corrected chi connectivity index (χ1v) is 9.00. The molecule has 1 N–H and O–H groups in total. The Hall–Kier alpha value is 0.200. The second kappa shape index (κ2) is 6.13. The van der Waals surface area contributed by atoms with Gasteiger partial charge in [0.25, 0.3) is 0 Å². The number of rotatable bonds is 2. The number of hydrogen-bond donors (Lipinski definition) is 1. The summed E-state index contributed by atoms with van der Waals surface area (Å²) < 4.78 is 6.03. The van der Waals surface area contributed by atoms with Crippen LogP contribution in [0.1, 0.15) is 19.3 Å². The Bertz CT molecular complexity index is 505. The van der Waals surface area contributed by atoms with Gasteiger partial charge < -0.3 is 10.1 Å². The van der Waals surface area contributed by atoms with E-state index < -0.39 is 0 Å². The lowest BCUT2D eigenvalue weighted by atomic mass is 9.90. The van der Waals surface area contributed by atoms with Crippen molar-refractivity contribution in [3.8, 4) is 0 Å². The predicted molar refractivity (Wildman–Crippen MR) is 88.7 cm³/mol. The Morgan fingerprint density at radius 2 is 2.00 bits per heavy atom. The lowest BCUT2D eigenvalue weighted by molar-refractivity contribution is -0.0628. The van der Waals surface area contributed by atoms with Gasteiger partial charge in [-0.05, 0) is 37.1 Å². The molecule has 1 aromatic carbocycles. The van der Waals surface area contributed by atoms with Crippen molar-refractivity contribution in [2.45, 2.75) is 30.9 Å². The Kier molecular flexibility index (Phi) is 4.63. The second-order valence-corrected chi connectivity index (χ2v) is 7.74. The summed E-state index contributed by atoms with van der Waals surface area (Å²) in [4.78, 5) is 0. The van der Waals surface area contributed by atoms with Crippen molar-refractivity contribution in [2.75, 3.05) is 23.4 Å². The maximum Gasteiger partial charge on any atom is 0.0799 e. The highest BCUT2D eigenvalue weighted by atomic mass is 35.5. The molecule has 2 unspecified atom stereocenters. The number of nitrogens with one attached hydrogen (secondary N) is 1. The highest BCUT2D eigenvalue weighted by molar-refractivity contribution is 7.99. The summed E-state index contributed by atoms with van der Waals surface area (Å²) in [5, 5.41) is 5.12. The van der Waals surface area contributed by atoms with Crippen molar-refractivity contribution in [2.24, 2.45) is 0 Å². The lowest BCUT2D eigenvalue weighted by Crippen LogP contribution is -2.44. The smallest absolute Gasteiger partial charge is 0.0799 e. The fraction of sp³-hybridized carbons (Fsp3) is 0.571. The van der Waals surface area contributed by atoms with Gasteiger partial charge in [0.1, 0.15) is 0 Å². The fourth-order valence-electron chi connectivity index (χ4n) is 2.87. The molecular weight excluding hydrogens is 337 g/mol. The van der Waals surface area contributed by atoms with Crippen LogP contribution in [0.4, 0.5) is 5.69 Å². The topological polar surface area (TPSA) is 21.3 Å². The van der Waals surface area contributed by atoms with Gasteiger partial charge >= 0.3 is 0 Å². The molecule has 0 saturated carbocycles. The first-order valence-electron chi connectivity index (χ1n) is 6.71. The van der Waals surface area contributed by atoms with Gasteiger partial charge in [-0.25, -0.2) is 0 Å². The van der Waals surface area contributed by atoms with Crippen LogP contribution < -0.4 is 5.32 Å². The van der Waals surface area contributed by atoms with Gasteiger partial charge in [-0.1, -0.05) is 34.8 Å². The van der Waals surface area contributed by atoms with Crippen LogP contribution in [0.15, 0.2) is 12.1 Å². The van der Waals surface area contributed by atoms with Crippen LogP contribution in [0.25, 0.3) is 0 Å². The minimum Gasteiger partial charge on any atom is -0.381 e. The zero-order valence-corrected chi connectivity index (χ0v) is 14.0. The van der Waals surface area contributed by atoms with E-state index in [-0.39, 0.29) is 5.60 Å². The highest BCUT2D eigenvalue weighted by Gasteiger charge is 2.40. The first-order chi connectivity index (χ1) is 9.58. The minimum atomic E-state index is 0.0588. The normalized spacial score (nSPS) is 29.9. The minimum absolute atomic E-state index is 0.0588. The van der Waals surface area contributed by atoms with Crippen LogP contribution in [-0.4, -0.2) is 29.8 Å². The summed E-state index contributed by atoms with van der Waals surface area (Å²) in [6.07, 6.45) is 3.16. The number of ether oxygens (including phenoxy) is 1. The number of benzene rings is 1. The molecule has 2 saturated heterocycles. The molecule has 0 aliphatic carbocycles. The van der Waals surface area contributed by atoms with Gasteiger partial charge in [0, 0.05) is 18.4 Å². The van der Waals surface area contributed by atoms with Crippen molar-refractivity contribution in [1.82, 2.24) is 0 Å². The van der Waals surface area contributed by atoms with Gasteiger partial charge in [0.05, 0.1) is 26.4 Å². The average Bonchev–Trinajstić information content (AvgIpc) is 2.84. The summed E-state index contributed by atoms with van der Waals surface area (Å²) in [5.74, 6) is 2.29. The summed E-state index contributed by atoms with van der Waals surface area (Å²) in [7, 11) is 0. The van der Waals surface area contributed by atoms with Gasteiger partial charge in [-0.15, -0.1) is 0 Å². The van der Waals surface area contributed by atoms with E-state index in [1.54, 1.807) is 12.1 Å². The zero-order chi connectivity index (χ0) is 14.2. The molecule has 1 aromatic rings. The quantitative estimate of drug-likeness (QED) is 0.747. The van der Waals surface area contributed by atoms with Crippen LogP contribution >= 0.6 is 46.6 Å². The summed E-state index contributed by atoms with van der Waals surface area (Å²) in [6, 6.07) is 3.86. The number of anilines is 1. The molecule has 20 heavy (non-hydrogen) atoms. The fourth-order valence-corrected chi connectivity index (χ4v) is 4.85. The summed E-state index contributed by atoms with van der Waals surface area (Å²) >= 11 is 20.2. The molecule has 2 atom stereocenters. The summed E-state index contributed by atoms with van der Waals surface area (Å²) in [5.41, 5.74) is 0.914. The van der Waals surface area contributed by atoms with Crippen molar-refractivity contribution >= 4 is 52.3 Å². The third-order valence-corrected chi connectivity index (χ3v) is 6.19. The SMILES string of the molecule is Clc1cc(Cl)c(NC2CCOC3(CCSC3)C2)cc1Cl. The molecule has 2 aliphatic rings. The maximum atomic E-state index is 6.23. The van der Waals surface area contributed by atoms with Crippen LogP contribution in [0.5, 0.6) is 0 Å². The van der Waals surface area contributed by atoms with E-state index in [4.69, 9.17) is 39.5 Å². The predicted octanol–water partition coefficient (Wildman–Crippen LogP) is 5.11.